The van der Waals surface area contributed by atoms with Crippen LogP contribution in [0.3, 0.4) is 0 Å². The van der Waals surface area contributed by atoms with Crippen LogP contribution in [0.15, 0.2) is 24.3 Å². The molecule has 3 nitrogen and oxygen atoms in total. The highest BCUT2D eigenvalue weighted by atomic mass is 16.1. The maximum Gasteiger partial charge on any atom is 0.220 e. The molecular formula is C15H24N2O. The second kappa shape index (κ2) is 6.01. The lowest BCUT2D eigenvalue weighted by Gasteiger charge is -2.30. The molecule has 0 spiro atoms. The first kappa shape index (κ1) is 14.7. The first-order valence-corrected chi connectivity index (χ1v) is 6.43. The van der Waals surface area contributed by atoms with Gasteiger partial charge < -0.3 is 11.1 Å². The second-order valence-electron chi connectivity index (χ2n) is 5.55. The quantitative estimate of drug-likeness (QED) is 0.839. The van der Waals surface area contributed by atoms with Crippen LogP contribution in [0.1, 0.15) is 38.3 Å². The predicted octanol–water partition coefficient (Wildman–Crippen LogP) is 2.17. The summed E-state index contributed by atoms with van der Waals surface area (Å²) in [5.74, 6) is 0.0545. The molecule has 1 unspecified atom stereocenters. The zero-order valence-corrected chi connectivity index (χ0v) is 11.8. The third-order valence-electron chi connectivity index (χ3n) is 3.32. The molecule has 3 heteroatoms. The Kier molecular flexibility index (Phi) is 4.91. The summed E-state index contributed by atoms with van der Waals surface area (Å²) >= 11 is 0. The smallest absolute Gasteiger partial charge is 0.220 e. The summed E-state index contributed by atoms with van der Waals surface area (Å²) in [6.45, 7) is 7.86. The van der Waals surface area contributed by atoms with Gasteiger partial charge in [-0.05, 0) is 39.7 Å². The van der Waals surface area contributed by atoms with E-state index in [9.17, 15) is 4.79 Å². The number of amides is 1. The molecule has 1 atom stereocenters. The van der Waals surface area contributed by atoms with E-state index >= 15 is 0 Å². The van der Waals surface area contributed by atoms with E-state index in [4.69, 9.17) is 5.73 Å². The molecular weight excluding hydrogens is 224 g/mol. The zero-order chi connectivity index (χ0) is 13.8. The topological polar surface area (TPSA) is 55.1 Å². The van der Waals surface area contributed by atoms with Crippen LogP contribution in [0, 0.1) is 6.92 Å². The van der Waals surface area contributed by atoms with Gasteiger partial charge in [0, 0.05) is 18.0 Å². The van der Waals surface area contributed by atoms with E-state index in [0.717, 1.165) is 6.42 Å². The van der Waals surface area contributed by atoms with Crippen LogP contribution >= 0.6 is 0 Å². The monoisotopic (exact) mass is 248 g/mol. The third kappa shape index (κ3) is 4.49. The molecule has 100 valence electrons. The molecule has 0 bridgehead atoms. The molecule has 0 fully saturated rings. The largest absolute Gasteiger partial charge is 0.350 e. The van der Waals surface area contributed by atoms with Crippen molar-refractivity contribution >= 4 is 5.91 Å². The minimum atomic E-state index is -0.357. The average molecular weight is 248 g/mol. The summed E-state index contributed by atoms with van der Waals surface area (Å²) in [7, 11) is 0. The number of aryl methyl sites for hydroxylation is 2. The third-order valence-corrected chi connectivity index (χ3v) is 3.32. The molecule has 0 radical (unpaired) electrons. The van der Waals surface area contributed by atoms with Crippen molar-refractivity contribution in [3.8, 4) is 0 Å². The van der Waals surface area contributed by atoms with Gasteiger partial charge >= 0.3 is 0 Å². The van der Waals surface area contributed by atoms with Crippen LogP contribution < -0.4 is 11.1 Å². The Morgan fingerprint density at radius 2 is 2.11 bits per heavy atom. The van der Waals surface area contributed by atoms with Crippen LogP contribution in [0.2, 0.25) is 0 Å². The number of benzene rings is 1. The van der Waals surface area contributed by atoms with Gasteiger partial charge in [0.1, 0.15) is 0 Å². The zero-order valence-electron chi connectivity index (χ0n) is 11.8. The first-order chi connectivity index (χ1) is 8.31. The fourth-order valence-electron chi connectivity index (χ4n) is 1.66. The highest BCUT2D eigenvalue weighted by Gasteiger charge is 2.24. The number of hydrogen-bond donors (Lipinski definition) is 2. The van der Waals surface area contributed by atoms with E-state index in [1.54, 1.807) is 0 Å². The maximum absolute atomic E-state index is 11.9. The van der Waals surface area contributed by atoms with Gasteiger partial charge in [-0.25, -0.2) is 0 Å². The molecule has 0 aromatic heterocycles. The van der Waals surface area contributed by atoms with Gasteiger partial charge in [0.25, 0.3) is 0 Å². The lowest BCUT2D eigenvalue weighted by atomic mass is 9.96. The second-order valence-corrected chi connectivity index (χ2v) is 5.55. The number of carbonyl (C=O) groups is 1. The van der Waals surface area contributed by atoms with Crippen LogP contribution in [-0.4, -0.2) is 17.5 Å². The fraction of sp³-hybridized carbons (Fsp3) is 0.533. The maximum atomic E-state index is 11.9. The SMILES string of the molecule is Cc1cccc(CCC(=O)NC(C)(C)C(C)N)c1. The summed E-state index contributed by atoms with van der Waals surface area (Å²) in [4.78, 5) is 11.9. The minimum Gasteiger partial charge on any atom is -0.350 e. The molecule has 1 aromatic rings. The summed E-state index contributed by atoms with van der Waals surface area (Å²) in [6, 6.07) is 8.18. The molecule has 1 rings (SSSR count). The number of nitrogens with one attached hydrogen (secondary N) is 1. The highest BCUT2D eigenvalue weighted by molar-refractivity contribution is 5.77. The normalized spacial score (nSPS) is 13.2. The van der Waals surface area contributed by atoms with Gasteiger partial charge in [0.2, 0.25) is 5.91 Å². The van der Waals surface area contributed by atoms with Crippen molar-refractivity contribution in [1.82, 2.24) is 5.32 Å². The van der Waals surface area contributed by atoms with Gasteiger partial charge in [-0.15, -0.1) is 0 Å². The van der Waals surface area contributed by atoms with E-state index in [0.29, 0.717) is 6.42 Å². The van der Waals surface area contributed by atoms with Crippen molar-refractivity contribution in [3.05, 3.63) is 35.4 Å². The molecule has 0 aliphatic heterocycles. The lowest BCUT2D eigenvalue weighted by molar-refractivity contribution is -0.122. The molecule has 18 heavy (non-hydrogen) atoms. The van der Waals surface area contributed by atoms with Crippen molar-refractivity contribution < 1.29 is 4.79 Å². The standard InChI is InChI=1S/C15H24N2O/c1-11-6-5-7-13(10-11)8-9-14(18)17-15(3,4)12(2)16/h5-7,10,12H,8-9,16H2,1-4H3,(H,17,18). The Bertz CT molecular complexity index is 411. The predicted molar refractivity (Wildman–Crippen MR) is 75.4 cm³/mol. The van der Waals surface area contributed by atoms with E-state index < -0.39 is 0 Å². The van der Waals surface area contributed by atoms with E-state index in [-0.39, 0.29) is 17.5 Å². The Labute approximate surface area is 110 Å². The van der Waals surface area contributed by atoms with E-state index in [2.05, 4.69) is 30.4 Å². The Morgan fingerprint density at radius 3 is 2.67 bits per heavy atom. The number of rotatable bonds is 5. The summed E-state index contributed by atoms with van der Waals surface area (Å²) in [6.07, 6.45) is 1.27. The molecule has 0 saturated carbocycles. The molecule has 0 aliphatic carbocycles. The average Bonchev–Trinajstić information content (AvgIpc) is 2.25. The summed E-state index contributed by atoms with van der Waals surface area (Å²) in [5, 5.41) is 2.98. The minimum absolute atomic E-state index is 0.0545. The molecule has 1 amide bonds. The first-order valence-electron chi connectivity index (χ1n) is 6.43. The van der Waals surface area contributed by atoms with E-state index in [1.807, 2.05) is 26.8 Å². The van der Waals surface area contributed by atoms with Crippen LogP contribution in [0.4, 0.5) is 0 Å². The molecule has 1 aromatic carbocycles. The van der Waals surface area contributed by atoms with Gasteiger partial charge in [0.15, 0.2) is 0 Å². The van der Waals surface area contributed by atoms with Crippen molar-refractivity contribution in [3.63, 3.8) is 0 Å². The molecule has 3 N–H and O–H groups in total. The number of carbonyl (C=O) groups excluding carboxylic acids is 1. The Balaban J connectivity index is 2.47. The number of nitrogens with two attached hydrogens (primary N) is 1. The van der Waals surface area contributed by atoms with Gasteiger partial charge in [-0.1, -0.05) is 29.8 Å². The molecule has 0 saturated heterocycles. The highest BCUT2D eigenvalue weighted by Crippen LogP contribution is 2.09. The molecule has 0 aliphatic rings. The summed E-state index contributed by atoms with van der Waals surface area (Å²) < 4.78 is 0. The van der Waals surface area contributed by atoms with Crippen LogP contribution in [0.25, 0.3) is 0 Å². The fourth-order valence-corrected chi connectivity index (χ4v) is 1.66. The lowest BCUT2D eigenvalue weighted by Crippen LogP contribution is -2.54. The Hall–Kier alpha value is -1.35. The van der Waals surface area contributed by atoms with Crippen LogP contribution in [-0.2, 0) is 11.2 Å². The number of hydrogen-bond acceptors (Lipinski definition) is 2. The van der Waals surface area contributed by atoms with E-state index in [1.165, 1.54) is 11.1 Å². The van der Waals surface area contributed by atoms with Crippen molar-refractivity contribution in [1.29, 1.82) is 0 Å². The Morgan fingerprint density at radius 1 is 1.44 bits per heavy atom. The van der Waals surface area contributed by atoms with Crippen molar-refractivity contribution in [2.75, 3.05) is 0 Å². The van der Waals surface area contributed by atoms with Gasteiger partial charge in [-0.2, -0.15) is 0 Å². The van der Waals surface area contributed by atoms with Crippen molar-refractivity contribution in [2.45, 2.75) is 52.1 Å². The summed E-state index contributed by atoms with van der Waals surface area (Å²) in [5.41, 5.74) is 7.90. The molecule has 0 heterocycles. The van der Waals surface area contributed by atoms with Gasteiger partial charge in [0.05, 0.1) is 0 Å². The van der Waals surface area contributed by atoms with Crippen LogP contribution in [0.5, 0.6) is 0 Å². The van der Waals surface area contributed by atoms with Gasteiger partial charge in [-0.3, -0.25) is 4.79 Å². The van der Waals surface area contributed by atoms with Crippen molar-refractivity contribution in [2.24, 2.45) is 5.73 Å².